The number of ether oxygens (including phenoxy) is 1. The molecule has 0 amide bonds. The first kappa shape index (κ1) is 11.2. The van der Waals surface area contributed by atoms with Gasteiger partial charge >= 0.3 is 0 Å². The van der Waals surface area contributed by atoms with Gasteiger partial charge in [0.15, 0.2) is 5.78 Å². The topological polar surface area (TPSA) is 26.3 Å². The Bertz CT molecular complexity index is 394. The second-order valence-corrected chi connectivity index (χ2v) is 4.77. The van der Waals surface area contributed by atoms with Crippen LogP contribution in [0, 0.1) is 5.92 Å². The molecule has 0 saturated carbocycles. The second kappa shape index (κ2) is 4.69. The molecule has 2 rings (SSSR count). The van der Waals surface area contributed by atoms with E-state index in [1.807, 2.05) is 18.2 Å². The summed E-state index contributed by atoms with van der Waals surface area (Å²) in [6.07, 6.45) is 2.59. The van der Waals surface area contributed by atoms with Gasteiger partial charge in [-0.15, -0.1) is 0 Å². The lowest BCUT2D eigenvalue weighted by Gasteiger charge is -2.09. The molecule has 16 heavy (non-hydrogen) atoms. The number of hydrogen-bond donors (Lipinski definition) is 0. The molecule has 0 aromatic heterocycles. The van der Waals surface area contributed by atoms with Crippen LogP contribution in [0.25, 0.3) is 0 Å². The van der Waals surface area contributed by atoms with Gasteiger partial charge < -0.3 is 4.74 Å². The molecule has 0 radical (unpaired) electrons. The zero-order valence-corrected chi connectivity index (χ0v) is 9.95. The van der Waals surface area contributed by atoms with E-state index in [9.17, 15) is 4.79 Å². The second-order valence-electron chi connectivity index (χ2n) is 4.77. The van der Waals surface area contributed by atoms with Crippen molar-refractivity contribution >= 4 is 5.78 Å². The molecule has 0 fully saturated rings. The van der Waals surface area contributed by atoms with Crippen molar-refractivity contribution in [3.8, 4) is 5.75 Å². The number of hydrogen-bond acceptors (Lipinski definition) is 2. The molecule has 0 aliphatic heterocycles. The Balaban J connectivity index is 1.99. The van der Waals surface area contributed by atoms with E-state index in [0.29, 0.717) is 12.3 Å². The molecule has 1 aliphatic carbocycles. The van der Waals surface area contributed by atoms with E-state index >= 15 is 0 Å². The summed E-state index contributed by atoms with van der Waals surface area (Å²) in [7, 11) is 0. The SMILES string of the molecule is CC(C)CCOc1ccc2c(c1)CCC2=O. The quantitative estimate of drug-likeness (QED) is 0.775. The highest BCUT2D eigenvalue weighted by Gasteiger charge is 2.19. The molecular formula is C14H18O2. The molecule has 0 spiro atoms. The van der Waals surface area contributed by atoms with E-state index in [2.05, 4.69) is 13.8 Å². The van der Waals surface area contributed by atoms with Gasteiger partial charge in [0.2, 0.25) is 0 Å². The van der Waals surface area contributed by atoms with Crippen molar-refractivity contribution in [1.82, 2.24) is 0 Å². The van der Waals surface area contributed by atoms with Crippen LogP contribution in [0.4, 0.5) is 0 Å². The summed E-state index contributed by atoms with van der Waals surface area (Å²) in [4.78, 5) is 11.4. The summed E-state index contributed by atoms with van der Waals surface area (Å²) in [6.45, 7) is 5.12. The van der Waals surface area contributed by atoms with Crippen molar-refractivity contribution in [3.63, 3.8) is 0 Å². The number of carbonyl (C=O) groups excluding carboxylic acids is 1. The standard InChI is InChI=1S/C14H18O2/c1-10(2)7-8-16-12-4-5-13-11(9-12)3-6-14(13)15/h4-5,9-10H,3,6-8H2,1-2H3. The minimum absolute atomic E-state index is 0.267. The van der Waals surface area contributed by atoms with Crippen LogP contribution in [0.1, 0.15) is 42.6 Å². The Labute approximate surface area is 96.6 Å². The van der Waals surface area contributed by atoms with E-state index in [1.165, 1.54) is 0 Å². The first-order valence-corrected chi connectivity index (χ1v) is 5.96. The highest BCUT2D eigenvalue weighted by molar-refractivity contribution is 6.00. The van der Waals surface area contributed by atoms with Crippen LogP contribution in [0.3, 0.4) is 0 Å². The summed E-state index contributed by atoms with van der Waals surface area (Å²) < 4.78 is 5.67. The third-order valence-corrected chi connectivity index (χ3v) is 2.96. The summed E-state index contributed by atoms with van der Waals surface area (Å²) in [5.74, 6) is 1.83. The Kier molecular flexibility index (Phi) is 3.28. The lowest BCUT2D eigenvalue weighted by Crippen LogP contribution is -2.01. The number of Topliss-reactive ketones (excluding diaryl/α,β-unsaturated/α-hetero) is 1. The van der Waals surface area contributed by atoms with Crippen molar-refractivity contribution < 1.29 is 9.53 Å². The predicted octanol–water partition coefficient (Wildman–Crippen LogP) is 3.24. The smallest absolute Gasteiger partial charge is 0.163 e. The zero-order valence-electron chi connectivity index (χ0n) is 9.95. The lowest BCUT2D eigenvalue weighted by molar-refractivity contribution is 0.0994. The fraction of sp³-hybridized carbons (Fsp3) is 0.500. The molecule has 2 heteroatoms. The number of rotatable bonds is 4. The fourth-order valence-electron chi connectivity index (χ4n) is 1.93. The lowest BCUT2D eigenvalue weighted by atomic mass is 10.1. The van der Waals surface area contributed by atoms with E-state index in [0.717, 1.165) is 36.3 Å². The molecule has 0 bridgehead atoms. The highest BCUT2D eigenvalue weighted by Crippen LogP contribution is 2.26. The van der Waals surface area contributed by atoms with Gasteiger partial charge in [0.25, 0.3) is 0 Å². The van der Waals surface area contributed by atoms with Gasteiger partial charge in [-0.1, -0.05) is 13.8 Å². The molecular weight excluding hydrogens is 200 g/mol. The van der Waals surface area contributed by atoms with Crippen molar-refractivity contribution in [1.29, 1.82) is 0 Å². The van der Waals surface area contributed by atoms with E-state index in [-0.39, 0.29) is 5.78 Å². The van der Waals surface area contributed by atoms with Crippen LogP contribution in [-0.4, -0.2) is 12.4 Å². The van der Waals surface area contributed by atoms with Crippen molar-refractivity contribution in [3.05, 3.63) is 29.3 Å². The average molecular weight is 218 g/mol. The molecule has 1 aromatic carbocycles. The normalized spacial score (nSPS) is 14.3. The zero-order chi connectivity index (χ0) is 11.5. The van der Waals surface area contributed by atoms with E-state index in [1.54, 1.807) is 0 Å². The van der Waals surface area contributed by atoms with E-state index < -0.39 is 0 Å². The Morgan fingerprint density at radius 3 is 2.88 bits per heavy atom. The van der Waals surface area contributed by atoms with Gasteiger partial charge in [-0.2, -0.15) is 0 Å². The van der Waals surface area contributed by atoms with Gasteiger partial charge in [0.1, 0.15) is 5.75 Å². The first-order chi connectivity index (χ1) is 7.66. The maximum atomic E-state index is 11.4. The monoisotopic (exact) mass is 218 g/mol. The first-order valence-electron chi connectivity index (χ1n) is 5.96. The maximum absolute atomic E-state index is 11.4. The van der Waals surface area contributed by atoms with Crippen LogP contribution < -0.4 is 4.74 Å². The van der Waals surface area contributed by atoms with Gasteiger partial charge in [-0.05, 0) is 42.5 Å². The summed E-state index contributed by atoms with van der Waals surface area (Å²) in [5, 5.41) is 0. The van der Waals surface area contributed by atoms with Crippen molar-refractivity contribution in [2.24, 2.45) is 5.92 Å². The highest BCUT2D eigenvalue weighted by atomic mass is 16.5. The van der Waals surface area contributed by atoms with Crippen LogP contribution >= 0.6 is 0 Å². The predicted molar refractivity (Wildman–Crippen MR) is 64.0 cm³/mol. The molecule has 0 atom stereocenters. The van der Waals surface area contributed by atoms with Gasteiger partial charge in [-0.3, -0.25) is 4.79 Å². The van der Waals surface area contributed by atoms with Crippen LogP contribution in [0.15, 0.2) is 18.2 Å². The largest absolute Gasteiger partial charge is 0.494 e. The van der Waals surface area contributed by atoms with Crippen LogP contribution in [0.5, 0.6) is 5.75 Å². The van der Waals surface area contributed by atoms with E-state index in [4.69, 9.17) is 4.74 Å². The van der Waals surface area contributed by atoms with Gasteiger partial charge in [0.05, 0.1) is 6.61 Å². The van der Waals surface area contributed by atoms with Crippen molar-refractivity contribution in [2.45, 2.75) is 33.1 Å². The minimum Gasteiger partial charge on any atom is -0.494 e. The fourth-order valence-corrected chi connectivity index (χ4v) is 1.93. The van der Waals surface area contributed by atoms with Crippen molar-refractivity contribution in [2.75, 3.05) is 6.61 Å². The molecule has 1 aromatic rings. The average Bonchev–Trinajstić information content (AvgIpc) is 2.60. The maximum Gasteiger partial charge on any atom is 0.163 e. The third-order valence-electron chi connectivity index (χ3n) is 2.96. The number of fused-ring (bicyclic) bond motifs is 1. The molecule has 86 valence electrons. The number of aryl methyl sites for hydroxylation is 1. The van der Waals surface area contributed by atoms with Crippen LogP contribution in [0.2, 0.25) is 0 Å². The molecule has 1 aliphatic rings. The minimum atomic E-state index is 0.267. The Hall–Kier alpha value is -1.31. The number of benzene rings is 1. The van der Waals surface area contributed by atoms with Crippen LogP contribution in [-0.2, 0) is 6.42 Å². The number of ketones is 1. The summed E-state index contributed by atoms with van der Waals surface area (Å²) in [6, 6.07) is 5.82. The molecule has 0 unspecified atom stereocenters. The Morgan fingerprint density at radius 2 is 2.12 bits per heavy atom. The molecule has 2 nitrogen and oxygen atoms in total. The van der Waals surface area contributed by atoms with Gasteiger partial charge in [0, 0.05) is 12.0 Å². The summed E-state index contributed by atoms with van der Waals surface area (Å²) >= 11 is 0. The third kappa shape index (κ3) is 2.43. The molecule has 0 saturated heterocycles. The molecule has 0 heterocycles. The Morgan fingerprint density at radius 1 is 1.31 bits per heavy atom. The number of carbonyl (C=O) groups is 1. The van der Waals surface area contributed by atoms with Gasteiger partial charge in [-0.25, -0.2) is 0 Å². The summed E-state index contributed by atoms with van der Waals surface area (Å²) in [5.41, 5.74) is 2.03. The molecule has 0 N–H and O–H groups in total.